The highest BCUT2D eigenvalue weighted by Gasteiger charge is 2.32. The molecule has 19 heavy (non-hydrogen) atoms. The zero-order valence-corrected chi connectivity index (χ0v) is 10.6. The molecule has 5 nitrogen and oxygen atoms in total. The maximum atomic E-state index is 12.0. The zero-order valence-electron chi connectivity index (χ0n) is 10.6. The summed E-state index contributed by atoms with van der Waals surface area (Å²) in [7, 11) is 0. The lowest BCUT2D eigenvalue weighted by molar-refractivity contribution is -0.149. The van der Waals surface area contributed by atoms with Gasteiger partial charge in [-0.05, 0) is 19.8 Å². The number of hydrogen-bond donors (Lipinski definition) is 1. The molecule has 0 aliphatic carbocycles. The van der Waals surface area contributed by atoms with Gasteiger partial charge in [-0.15, -0.1) is 0 Å². The van der Waals surface area contributed by atoms with Crippen molar-refractivity contribution in [3.05, 3.63) is 0 Å². The maximum Gasteiger partial charge on any atom is 0.405 e. The van der Waals surface area contributed by atoms with Gasteiger partial charge in [-0.1, -0.05) is 0 Å². The summed E-state index contributed by atoms with van der Waals surface area (Å²) in [5.74, 6) is -0.860. The van der Waals surface area contributed by atoms with E-state index in [0.717, 1.165) is 0 Å². The third kappa shape index (κ3) is 5.35. The number of rotatable bonds is 3. The van der Waals surface area contributed by atoms with Gasteiger partial charge in [0.2, 0.25) is 0 Å². The third-order valence-electron chi connectivity index (χ3n) is 2.77. The minimum Gasteiger partial charge on any atom is -0.466 e. The summed E-state index contributed by atoms with van der Waals surface area (Å²) in [5.41, 5.74) is 0. The fraction of sp³-hybridized carbons (Fsp3) is 0.818. The summed E-state index contributed by atoms with van der Waals surface area (Å²) in [6, 6.07) is -0.800. The highest BCUT2D eigenvalue weighted by atomic mass is 19.4. The number of amides is 2. The first-order chi connectivity index (χ1) is 8.83. The molecule has 1 atom stereocenters. The van der Waals surface area contributed by atoms with E-state index >= 15 is 0 Å². The molecule has 0 aromatic carbocycles. The van der Waals surface area contributed by atoms with Crippen LogP contribution in [0.1, 0.15) is 19.8 Å². The van der Waals surface area contributed by atoms with Gasteiger partial charge >= 0.3 is 18.2 Å². The standard InChI is InChI=1S/C11H17F3N2O3/c1-2-19-9(17)8-4-3-5-16(6-8)10(18)15-7-11(12,13)14/h8H,2-7H2,1H3,(H,15,18)/t8-/m0/s1. The maximum absolute atomic E-state index is 12.0. The van der Waals surface area contributed by atoms with Crippen LogP contribution in [-0.4, -0.2) is 49.3 Å². The molecule has 0 bridgehead atoms. The van der Waals surface area contributed by atoms with Gasteiger partial charge in [0, 0.05) is 13.1 Å². The number of nitrogens with one attached hydrogen (secondary N) is 1. The first-order valence-corrected chi connectivity index (χ1v) is 6.09. The highest BCUT2D eigenvalue weighted by Crippen LogP contribution is 2.18. The van der Waals surface area contributed by atoms with Crippen LogP contribution in [0.2, 0.25) is 0 Å². The number of nitrogens with zero attached hydrogens (tertiary/aromatic N) is 1. The van der Waals surface area contributed by atoms with E-state index in [2.05, 4.69) is 0 Å². The Balaban J connectivity index is 2.45. The van der Waals surface area contributed by atoms with Gasteiger partial charge in [0.05, 0.1) is 12.5 Å². The summed E-state index contributed by atoms with van der Waals surface area (Å²) in [5, 5.41) is 1.79. The average molecular weight is 282 g/mol. The van der Waals surface area contributed by atoms with Crippen molar-refractivity contribution in [2.45, 2.75) is 25.9 Å². The Labute approximate surface area is 109 Å². The topological polar surface area (TPSA) is 58.6 Å². The lowest BCUT2D eigenvalue weighted by Crippen LogP contribution is -2.49. The minimum absolute atomic E-state index is 0.0997. The van der Waals surface area contributed by atoms with Crippen molar-refractivity contribution in [3.8, 4) is 0 Å². The second kappa shape index (κ2) is 6.63. The van der Waals surface area contributed by atoms with Crippen LogP contribution in [0.4, 0.5) is 18.0 Å². The summed E-state index contributed by atoms with van der Waals surface area (Å²) in [6.45, 7) is 0.999. The van der Waals surface area contributed by atoms with Crippen molar-refractivity contribution >= 4 is 12.0 Å². The van der Waals surface area contributed by atoms with E-state index in [1.54, 1.807) is 12.2 Å². The number of piperidine rings is 1. The molecule has 1 aliphatic rings. The van der Waals surface area contributed by atoms with Crippen LogP contribution in [0, 0.1) is 5.92 Å². The van der Waals surface area contributed by atoms with Gasteiger partial charge in [-0.3, -0.25) is 4.79 Å². The summed E-state index contributed by atoms with van der Waals surface area (Å²) < 4.78 is 40.8. The Bertz CT molecular complexity index is 334. The predicted molar refractivity (Wildman–Crippen MR) is 60.4 cm³/mol. The molecule has 0 radical (unpaired) electrons. The van der Waals surface area contributed by atoms with E-state index in [9.17, 15) is 22.8 Å². The van der Waals surface area contributed by atoms with Gasteiger partial charge in [0.15, 0.2) is 0 Å². The van der Waals surface area contributed by atoms with Crippen LogP contribution in [0.3, 0.4) is 0 Å². The molecule has 1 fully saturated rings. The van der Waals surface area contributed by atoms with Crippen LogP contribution in [0.25, 0.3) is 0 Å². The number of likely N-dealkylation sites (tertiary alicyclic amines) is 1. The fourth-order valence-corrected chi connectivity index (χ4v) is 1.90. The number of carbonyl (C=O) groups is 2. The number of esters is 1. The SMILES string of the molecule is CCOC(=O)[C@H]1CCCN(C(=O)NCC(F)(F)F)C1. The van der Waals surface area contributed by atoms with E-state index in [4.69, 9.17) is 4.74 Å². The van der Waals surface area contributed by atoms with Gasteiger partial charge in [0.1, 0.15) is 6.54 Å². The number of halogens is 3. The van der Waals surface area contributed by atoms with Gasteiger partial charge < -0.3 is 15.0 Å². The Hall–Kier alpha value is -1.47. The Morgan fingerprint density at radius 2 is 2.11 bits per heavy atom. The molecule has 0 unspecified atom stereocenters. The molecular formula is C11H17F3N2O3. The van der Waals surface area contributed by atoms with Crippen molar-refractivity contribution in [2.24, 2.45) is 5.92 Å². The predicted octanol–water partition coefficient (Wildman–Crippen LogP) is 1.53. The zero-order chi connectivity index (χ0) is 14.5. The fourth-order valence-electron chi connectivity index (χ4n) is 1.90. The molecule has 2 amide bonds. The van der Waals surface area contributed by atoms with E-state index in [-0.39, 0.29) is 13.2 Å². The smallest absolute Gasteiger partial charge is 0.405 e. The van der Waals surface area contributed by atoms with Gasteiger partial charge in [0.25, 0.3) is 0 Å². The number of hydrogen-bond acceptors (Lipinski definition) is 3. The Kier molecular flexibility index (Phi) is 5.44. The summed E-state index contributed by atoms with van der Waals surface area (Å²) in [4.78, 5) is 24.3. The van der Waals surface area contributed by atoms with E-state index in [1.165, 1.54) is 4.90 Å². The molecule has 0 aromatic rings. The highest BCUT2D eigenvalue weighted by molar-refractivity contribution is 5.77. The number of alkyl halides is 3. The second-order valence-electron chi connectivity index (χ2n) is 4.31. The molecule has 0 aromatic heterocycles. The van der Waals surface area contributed by atoms with Crippen LogP contribution in [0.15, 0.2) is 0 Å². The molecule has 0 spiro atoms. The Morgan fingerprint density at radius 3 is 2.68 bits per heavy atom. The van der Waals surface area contributed by atoms with Gasteiger partial charge in [-0.2, -0.15) is 13.2 Å². The molecular weight excluding hydrogens is 265 g/mol. The largest absolute Gasteiger partial charge is 0.466 e. The number of carbonyl (C=O) groups excluding carboxylic acids is 2. The molecule has 1 saturated heterocycles. The second-order valence-corrected chi connectivity index (χ2v) is 4.31. The van der Waals surface area contributed by atoms with E-state index in [1.807, 2.05) is 0 Å². The molecule has 110 valence electrons. The van der Waals surface area contributed by atoms with Crippen LogP contribution >= 0.6 is 0 Å². The quantitative estimate of drug-likeness (QED) is 0.799. The van der Waals surface area contributed by atoms with Crippen molar-refractivity contribution in [3.63, 3.8) is 0 Å². The van der Waals surface area contributed by atoms with Crippen molar-refractivity contribution in [2.75, 3.05) is 26.2 Å². The molecule has 8 heteroatoms. The first-order valence-electron chi connectivity index (χ1n) is 6.09. The summed E-state index contributed by atoms with van der Waals surface area (Å²) in [6.07, 6.45) is -3.28. The minimum atomic E-state index is -4.44. The van der Waals surface area contributed by atoms with E-state index < -0.39 is 30.6 Å². The lowest BCUT2D eigenvalue weighted by Gasteiger charge is -2.31. The van der Waals surface area contributed by atoms with Crippen LogP contribution in [0.5, 0.6) is 0 Å². The number of urea groups is 1. The summed E-state index contributed by atoms with van der Waals surface area (Å²) >= 11 is 0. The average Bonchev–Trinajstić information content (AvgIpc) is 2.35. The van der Waals surface area contributed by atoms with Crippen LogP contribution in [-0.2, 0) is 9.53 Å². The first kappa shape index (κ1) is 15.6. The molecule has 1 rings (SSSR count). The molecule has 1 heterocycles. The van der Waals surface area contributed by atoms with Crippen molar-refractivity contribution in [1.29, 1.82) is 0 Å². The van der Waals surface area contributed by atoms with Crippen molar-refractivity contribution in [1.82, 2.24) is 10.2 Å². The molecule has 1 aliphatic heterocycles. The molecule has 0 saturated carbocycles. The lowest BCUT2D eigenvalue weighted by atomic mass is 9.98. The molecule has 1 N–H and O–H groups in total. The van der Waals surface area contributed by atoms with Crippen LogP contribution < -0.4 is 5.32 Å². The normalized spacial score (nSPS) is 20.0. The van der Waals surface area contributed by atoms with Crippen molar-refractivity contribution < 1.29 is 27.5 Å². The van der Waals surface area contributed by atoms with E-state index in [0.29, 0.717) is 19.4 Å². The number of ether oxygens (including phenoxy) is 1. The van der Waals surface area contributed by atoms with Gasteiger partial charge in [-0.25, -0.2) is 4.79 Å². The monoisotopic (exact) mass is 282 g/mol. The Morgan fingerprint density at radius 1 is 1.42 bits per heavy atom. The third-order valence-corrected chi connectivity index (χ3v) is 2.77.